The van der Waals surface area contributed by atoms with Crippen LogP contribution in [0.3, 0.4) is 0 Å². The number of benzene rings is 1. The lowest BCUT2D eigenvalue weighted by Gasteiger charge is -2.05. The van der Waals surface area contributed by atoms with Crippen LogP contribution in [0.1, 0.15) is 31.0 Å². The lowest BCUT2D eigenvalue weighted by molar-refractivity contribution is -0.384. The van der Waals surface area contributed by atoms with Gasteiger partial charge < -0.3 is 0 Å². The van der Waals surface area contributed by atoms with Crippen molar-refractivity contribution in [2.24, 2.45) is 0 Å². The van der Waals surface area contributed by atoms with Gasteiger partial charge in [0.05, 0.1) is 10.6 Å². The van der Waals surface area contributed by atoms with E-state index in [2.05, 4.69) is 21.0 Å². The molecule has 2 rings (SSSR count). The third-order valence-corrected chi connectivity index (χ3v) is 3.49. The minimum Gasteiger partial charge on any atom is -0.258 e. The minimum atomic E-state index is -0.377. The van der Waals surface area contributed by atoms with Crippen molar-refractivity contribution in [2.75, 3.05) is 0 Å². The van der Waals surface area contributed by atoms with Gasteiger partial charge in [0.15, 0.2) is 0 Å². The van der Waals surface area contributed by atoms with Gasteiger partial charge in [-0.25, -0.2) is 4.68 Å². The van der Waals surface area contributed by atoms with E-state index in [1.165, 1.54) is 0 Å². The standard InChI is InChI=1S/C13H14BrN3O2/c1-9(2)11-5-6-16(15-11)12-4-3-10(8-14)7-13(12)17(18)19/h3-7,9H,8H2,1-2H3. The average molecular weight is 324 g/mol. The summed E-state index contributed by atoms with van der Waals surface area (Å²) in [5.41, 5.74) is 2.34. The summed E-state index contributed by atoms with van der Waals surface area (Å²) in [7, 11) is 0. The van der Waals surface area contributed by atoms with Gasteiger partial charge in [-0.05, 0) is 23.6 Å². The summed E-state index contributed by atoms with van der Waals surface area (Å²) in [5.74, 6) is 0.294. The van der Waals surface area contributed by atoms with Gasteiger partial charge in [-0.3, -0.25) is 10.1 Å². The largest absolute Gasteiger partial charge is 0.295 e. The number of nitro benzene ring substituents is 1. The molecule has 0 saturated carbocycles. The second-order valence-electron chi connectivity index (χ2n) is 4.55. The van der Waals surface area contributed by atoms with Crippen LogP contribution >= 0.6 is 15.9 Å². The molecule has 100 valence electrons. The molecule has 0 saturated heterocycles. The molecule has 0 aliphatic heterocycles. The van der Waals surface area contributed by atoms with Crippen molar-refractivity contribution < 1.29 is 4.92 Å². The molecule has 0 fully saturated rings. The van der Waals surface area contributed by atoms with Gasteiger partial charge >= 0.3 is 0 Å². The van der Waals surface area contributed by atoms with E-state index < -0.39 is 0 Å². The third kappa shape index (κ3) is 2.84. The summed E-state index contributed by atoms with van der Waals surface area (Å²) in [6, 6.07) is 7.03. The maximum Gasteiger partial charge on any atom is 0.295 e. The smallest absolute Gasteiger partial charge is 0.258 e. The predicted octanol–water partition coefficient (Wildman–Crippen LogP) is 3.80. The van der Waals surface area contributed by atoms with Crippen molar-refractivity contribution in [2.45, 2.75) is 25.1 Å². The number of aromatic nitrogens is 2. The second kappa shape index (κ2) is 5.52. The van der Waals surface area contributed by atoms with Crippen LogP contribution in [0.5, 0.6) is 0 Å². The number of nitro groups is 1. The first kappa shape index (κ1) is 13.7. The van der Waals surface area contributed by atoms with E-state index in [0.717, 1.165) is 11.3 Å². The van der Waals surface area contributed by atoms with Crippen molar-refractivity contribution >= 4 is 21.6 Å². The molecule has 0 spiro atoms. The van der Waals surface area contributed by atoms with Crippen molar-refractivity contribution in [1.29, 1.82) is 0 Å². The molecule has 1 aromatic heterocycles. The summed E-state index contributed by atoms with van der Waals surface area (Å²) in [6.07, 6.45) is 1.76. The maximum absolute atomic E-state index is 11.2. The van der Waals surface area contributed by atoms with Crippen LogP contribution in [-0.2, 0) is 5.33 Å². The summed E-state index contributed by atoms with van der Waals surface area (Å²) in [6.45, 7) is 4.07. The Labute approximate surface area is 119 Å². The Hall–Kier alpha value is -1.69. The lowest BCUT2D eigenvalue weighted by Crippen LogP contribution is -2.02. The molecule has 0 aliphatic carbocycles. The zero-order valence-corrected chi connectivity index (χ0v) is 12.3. The highest BCUT2D eigenvalue weighted by Gasteiger charge is 2.17. The number of halogens is 1. The normalized spacial score (nSPS) is 10.9. The molecule has 0 radical (unpaired) electrons. The third-order valence-electron chi connectivity index (χ3n) is 2.84. The number of alkyl halides is 1. The molecular weight excluding hydrogens is 310 g/mol. The van der Waals surface area contributed by atoms with Crippen molar-refractivity contribution in [3.8, 4) is 5.69 Å². The highest BCUT2D eigenvalue weighted by Crippen LogP contribution is 2.25. The molecule has 0 atom stereocenters. The zero-order valence-electron chi connectivity index (χ0n) is 10.7. The molecular formula is C13H14BrN3O2. The Balaban J connectivity index is 2.51. The molecule has 5 nitrogen and oxygen atoms in total. The first-order chi connectivity index (χ1) is 9.02. The van der Waals surface area contributed by atoms with Crippen LogP contribution in [0.4, 0.5) is 5.69 Å². The summed E-state index contributed by atoms with van der Waals surface area (Å²) < 4.78 is 1.56. The van der Waals surface area contributed by atoms with Gasteiger partial charge in [0.1, 0.15) is 5.69 Å². The van der Waals surface area contributed by atoms with Gasteiger partial charge in [-0.1, -0.05) is 35.8 Å². The van der Waals surface area contributed by atoms with Crippen LogP contribution < -0.4 is 0 Å². The van der Waals surface area contributed by atoms with Gasteiger partial charge in [-0.15, -0.1) is 0 Å². The van der Waals surface area contributed by atoms with E-state index in [4.69, 9.17) is 0 Å². The van der Waals surface area contributed by atoms with E-state index in [0.29, 0.717) is 16.9 Å². The van der Waals surface area contributed by atoms with Crippen LogP contribution in [0.25, 0.3) is 5.69 Å². The van der Waals surface area contributed by atoms with Crippen LogP contribution in [-0.4, -0.2) is 14.7 Å². The van der Waals surface area contributed by atoms with Crippen molar-refractivity contribution in [1.82, 2.24) is 9.78 Å². The second-order valence-corrected chi connectivity index (χ2v) is 5.11. The monoisotopic (exact) mass is 323 g/mol. The topological polar surface area (TPSA) is 61.0 Å². The van der Waals surface area contributed by atoms with E-state index in [1.807, 2.05) is 26.0 Å². The molecule has 1 aromatic carbocycles. The number of rotatable bonds is 4. The molecule has 2 aromatic rings. The molecule has 0 N–H and O–H groups in total. The fourth-order valence-corrected chi connectivity index (χ4v) is 2.12. The van der Waals surface area contributed by atoms with Crippen LogP contribution in [0.15, 0.2) is 30.5 Å². The van der Waals surface area contributed by atoms with Gasteiger partial charge in [0, 0.05) is 17.6 Å². The Morgan fingerprint density at radius 3 is 2.68 bits per heavy atom. The Bertz CT molecular complexity index is 608. The first-order valence-electron chi connectivity index (χ1n) is 5.92. The Kier molecular flexibility index (Phi) is 3.99. The highest BCUT2D eigenvalue weighted by atomic mass is 79.9. The molecule has 0 amide bonds. The quantitative estimate of drug-likeness (QED) is 0.488. The molecule has 0 bridgehead atoms. The molecule has 19 heavy (non-hydrogen) atoms. The fraction of sp³-hybridized carbons (Fsp3) is 0.308. The van der Waals surface area contributed by atoms with Gasteiger partial charge in [0.2, 0.25) is 0 Å². The summed E-state index contributed by atoms with van der Waals surface area (Å²) >= 11 is 3.30. The van der Waals surface area contributed by atoms with Gasteiger partial charge in [-0.2, -0.15) is 5.10 Å². The number of hydrogen-bond acceptors (Lipinski definition) is 3. The SMILES string of the molecule is CC(C)c1ccn(-c2ccc(CBr)cc2[N+](=O)[O-])n1. The summed E-state index contributed by atoms with van der Waals surface area (Å²) in [5, 5.41) is 16.1. The molecule has 6 heteroatoms. The number of nitrogens with zero attached hydrogens (tertiary/aromatic N) is 3. The number of hydrogen-bond donors (Lipinski definition) is 0. The first-order valence-corrected chi connectivity index (χ1v) is 7.04. The average Bonchev–Trinajstić information content (AvgIpc) is 2.87. The van der Waals surface area contributed by atoms with Crippen LogP contribution in [0.2, 0.25) is 0 Å². The minimum absolute atomic E-state index is 0.0651. The van der Waals surface area contributed by atoms with E-state index in [1.54, 1.807) is 23.0 Å². The van der Waals surface area contributed by atoms with E-state index in [9.17, 15) is 10.1 Å². The van der Waals surface area contributed by atoms with Crippen molar-refractivity contribution in [3.63, 3.8) is 0 Å². The molecule has 0 unspecified atom stereocenters. The predicted molar refractivity (Wildman–Crippen MR) is 76.9 cm³/mol. The Morgan fingerprint density at radius 1 is 1.42 bits per heavy atom. The molecule has 1 heterocycles. The lowest BCUT2D eigenvalue weighted by atomic mass is 10.1. The fourth-order valence-electron chi connectivity index (χ4n) is 1.77. The zero-order chi connectivity index (χ0) is 14.0. The van der Waals surface area contributed by atoms with Crippen molar-refractivity contribution in [3.05, 3.63) is 51.8 Å². The van der Waals surface area contributed by atoms with E-state index >= 15 is 0 Å². The highest BCUT2D eigenvalue weighted by molar-refractivity contribution is 9.08. The maximum atomic E-state index is 11.2. The Morgan fingerprint density at radius 2 is 2.16 bits per heavy atom. The van der Waals surface area contributed by atoms with Gasteiger partial charge in [0.25, 0.3) is 5.69 Å². The summed E-state index contributed by atoms with van der Waals surface area (Å²) in [4.78, 5) is 10.8. The van der Waals surface area contributed by atoms with Crippen LogP contribution in [0, 0.1) is 10.1 Å². The van der Waals surface area contributed by atoms with E-state index in [-0.39, 0.29) is 10.6 Å². The molecule has 0 aliphatic rings.